The predicted molar refractivity (Wildman–Crippen MR) is 67.4 cm³/mol. The monoisotopic (exact) mass is 262 g/mol. The molecule has 1 aromatic rings. The van der Waals surface area contributed by atoms with E-state index in [4.69, 9.17) is 27.9 Å². The molecule has 82 valence electrons. The fourth-order valence-corrected chi connectivity index (χ4v) is 3.51. The van der Waals surface area contributed by atoms with Crippen LogP contribution in [-0.4, -0.2) is 12.9 Å². The van der Waals surface area contributed by atoms with E-state index in [-0.39, 0.29) is 4.75 Å². The first kappa shape index (κ1) is 11.4. The Labute approximate surface area is 104 Å². The lowest BCUT2D eigenvalue weighted by molar-refractivity contribution is 0.414. The van der Waals surface area contributed by atoms with Crippen LogP contribution in [0.1, 0.15) is 18.9 Å². The second-order valence-corrected chi connectivity index (χ2v) is 6.21. The van der Waals surface area contributed by atoms with Gasteiger partial charge in [0.05, 0.1) is 12.1 Å². The van der Waals surface area contributed by atoms with Crippen LogP contribution in [0, 0.1) is 0 Å². The fourth-order valence-electron chi connectivity index (χ4n) is 1.71. The van der Waals surface area contributed by atoms with Crippen molar-refractivity contribution < 1.29 is 4.74 Å². The van der Waals surface area contributed by atoms with Crippen LogP contribution in [0.25, 0.3) is 0 Å². The van der Waals surface area contributed by atoms with E-state index < -0.39 is 0 Å². The molecule has 1 nitrogen and oxygen atoms in total. The summed E-state index contributed by atoms with van der Waals surface area (Å²) in [5, 5.41) is 1.37. The van der Waals surface area contributed by atoms with Crippen molar-refractivity contribution in [2.75, 3.05) is 12.9 Å². The lowest BCUT2D eigenvalue weighted by Crippen LogP contribution is -2.28. The van der Waals surface area contributed by atoms with Gasteiger partial charge in [-0.2, -0.15) is 11.8 Å². The normalized spacial score (nSPS) is 24.8. The van der Waals surface area contributed by atoms with Gasteiger partial charge in [0.15, 0.2) is 0 Å². The Kier molecular flexibility index (Phi) is 3.11. The Morgan fingerprint density at radius 3 is 2.47 bits per heavy atom. The molecule has 1 unspecified atom stereocenters. The van der Waals surface area contributed by atoms with E-state index in [9.17, 15) is 0 Å². The van der Waals surface area contributed by atoms with E-state index in [1.54, 1.807) is 13.2 Å². The first-order valence-electron chi connectivity index (χ1n) is 4.74. The zero-order valence-electron chi connectivity index (χ0n) is 8.64. The van der Waals surface area contributed by atoms with Gasteiger partial charge in [0, 0.05) is 15.8 Å². The SMILES string of the molecule is COc1cc(Cl)c(C2(C)CCS2)cc1Cl. The van der Waals surface area contributed by atoms with E-state index in [0.29, 0.717) is 10.8 Å². The molecular formula is C11H12Cl2OS. The summed E-state index contributed by atoms with van der Waals surface area (Å²) in [6.45, 7) is 2.20. The summed E-state index contributed by atoms with van der Waals surface area (Å²) < 4.78 is 5.25. The van der Waals surface area contributed by atoms with Crippen molar-refractivity contribution in [3.05, 3.63) is 27.7 Å². The summed E-state index contributed by atoms with van der Waals surface area (Å²) in [6.07, 6.45) is 1.15. The number of hydrogen-bond acceptors (Lipinski definition) is 2. The fraction of sp³-hybridized carbons (Fsp3) is 0.455. The smallest absolute Gasteiger partial charge is 0.138 e. The van der Waals surface area contributed by atoms with Gasteiger partial charge in [-0.05, 0) is 30.7 Å². The molecular weight excluding hydrogens is 251 g/mol. The van der Waals surface area contributed by atoms with Crippen molar-refractivity contribution in [3.63, 3.8) is 0 Å². The number of benzene rings is 1. The van der Waals surface area contributed by atoms with Crippen LogP contribution in [0.4, 0.5) is 0 Å². The number of ether oxygens (including phenoxy) is 1. The second kappa shape index (κ2) is 4.08. The summed E-state index contributed by atoms with van der Waals surface area (Å²) in [6, 6.07) is 3.72. The van der Waals surface area contributed by atoms with Crippen molar-refractivity contribution in [1.29, 1.82) is 0 Å². The lowest BCUT2D eigenvalue weighted by Gasteiger charge is -2.38. The molecule has 0 aliphatic carbocycles. The highest BCUT2D eigenvalue weighted by atomic mass is 35.5. The summed E-state index contributed by atoms with van der Waals surface area (Å²) in [4.78, 5) is 0. The van der Waals surface area contributed by atoms with Gasteiger partial charge >= 0.3 is 0 Å². The number of rotatable bonds is 2. The van der Waals surface area contributed by atoms with E-state index in [2.05, 4.69) is 6.92 Å². The van der Waals surface area contributed by atoms with Crippen LogP contribution in [-0.2, 0) is 4.75 Å². The van der Waals surface area contributed by atoms with Crippen LogP contribution in [0.2, 0.25) is 10.0 Å². The molecule has 1 heterocycles. The van der Waals surface area contributed by atoms with Crippen LogP contribution >= 0.6 is 35.0 Å². The van der Waals surface area contributed by atoms with Crippen molar-refractivity contribution >= 4 is 35.0 Å². The highest BCUT2D eigenvalue weighted by molar-refractivity contribution is 8.01. The average Bonchev–Trinajstić information content (AvgIpc) is 2.17. The maximum absolute atomic E-state index is 6.23. The maximum atomic E-state index is 6.23. The van der Waals surface area contributed by atoms with Gasteiger partial charge < -0.3 is 4.74 Å². The van der Waals surface area contributed by atoms with Crippen LogP contribution in [0.5, 0.6) is 5.75 Å². The Balaban J connectivity index is 2.45. The number of hydrogen-bond donors (Lipinski definition) is 0. The Hall–Kier alpha value is -0.0500. The number of thioether (sulfide) groups is 1. The molecule has 1 fully saturated rings. The van der Waals surface area contributed by atoms with Crippen LogP contribution in [0.15, 0.2) is 12.1 Å². The minimum absolute atomic E-state index is 0.132. The molecule has 2 rings (SSSR count). The molecule has 0 bridgehead atoms. The van der Waals surface area contributed by atoms with E-state index in [0.717, 1.165) is 17.0 Å². The first-order chi connectivity index (χ1) is 7.07. The molecule has 0 spiro atoms. The minimum Gasteiger partial charge on any atom is -0.495 e. The quantitative estimate of drug-likeness (QED) is 0.784. The van der Waals surface area contributed by atoms with Crippen LogP contribution in [0.3, 0.4) is 0 Å². The predicted octanol–water partition coefficient (Wildman–Crippen LogP) is 4.35. The first-order valence-corrected chi connectivity index (χ1v) is 6.48. The molecule has 0 radical (unpaired) electrons. The van der Waals surface area contributed by atoms with Crippen molar-refractivity contribution in [3.8, 4) is 5.75 Å². The lowest BCUT2D eigenvalue weighted by atomic mass is 9.96. The molecule has 0 amide bonds. The highest BCUT2D eigenvalue weighted by Gasteiger charge is 2.36. The molecule has 0 aromatic heterocycles. The molecule has 4 heteroatoms. The van der Waals surface area contributed by atoms with Gasteiger partial charge in [0.25, 0.3) is 0 Å². The van der Waals surface area contributed by atoms with Gasteiger partial charge in [0.1, 0.15) is 5.75 Å². The van der Waals surface area contributed by atoms with Gasteiger partial charge in [-0.25, -0.2) is 0 Å². The summed E-state index contributed by atoms with van der Waals surface area (Å²) in [5.74, 6) is 1.83. The third-order valence-corrected chi connectivity index (χ3v) is 4.89. The molecule has 1 saturated heterocycles. The summed E-state index contributed by atoms with van der Waals surface area (Å²) >= 11 is 14.2. The molecule has 1 aliphatic heterocycles. The molecule has 1 aromatic carbocycles. The highest BCUT2D eigenvalue weighted by Crippen LogP contribution is 2.52. The Bertz CT molecular complexity index is 388. The van der Waals surface area contributed by atoms with E-state index in [1.807, 2.05) is 17.8 Å². The molecule has 0 N–H and O–H groups in total. The zero-order valence-corrected chi connectivity index (χ0v) is 11.0. The largest absolute Gasteiger partial charge is 0.495 e. The average molecular weight is 263 g/mol. The summed E-state index contributed by atoms with van der Waals surface area (Å²) in [7, 11) is 1.59. The molecule has 1 atom stereocenters. The third-order valence-electron chi connectivity index (χ3n) is 2.81. The second-order valence-electron chi connectivity index (χ2n) is 3.80. The Morgan fingerprint density at radius 1 is 1.33 bits per heavy atom. The van der Waals surface area contributed by atoms with Gasteiger partial charge in [-0.15, -0.1) is 0 Å². The minimum atomic E-state index is 0.132. The molecule has 0 saturated carbocycles. The maximum Gasteiger partial charge on any atom is 0.138 e. The van der Waals surface area contributed by atoms with Crippen molar-refractivity contribution in [1.82, 2.24) is 0 Å². The van der Waals surface area contributed by atoms with Gasteiger partial charge in [-0.3, -0.25) is 0 Å². The van der Waals surface area contributed by atoms with Crippen LogP contribution < -0.4 is 4.74 Å². The standard InChI is InChI=1S/C11H12Cl2OS/c1-11(3-4-15-11)7-5-9(13)10(14-2)6-8(7)12/h5-6H,3-4H2,1-2H3. The molecule has 15 heavy (non-hydrogen) atoms. The number of methoxy groups -OCH3 is 1. The van der Waals surface area contributed by atoms with Crippen molar-refractivity contribution in [2.45, 2.75) is 18.1 Å². The van der Waals surface area contributed by atoms with Crippen molar-refractivity contribution in [2.24, 2.45) is 0 Å². The summed E-state index contributed by atoms with van der Waals surface area (Å²) in [5.41, 5.74) is 1.12. The topological polar surface area (TPSA) is 9.23 Å². The van der Waals surface area contributed by atoms with Gasteiger partial charge in [0.2, 0.25) is 0 Å². The third kappa shape index (κ3) is 1.95. The van der Waals surface area contributed by atoms with Gasteiger partial charge in [-0.1, -0.05) is 23.2 Å². The van der Waals surface area contributed by atoms with E-state index >= 15 is 0 Å². The molecule has 1 aliphatic rings. The van der Waals surface area contributed by atoms with E-state index in [1.165, 1.54) is 5.75 Å². The number of halogens is 2. The Morgan fingerprint density at radius 2 is 2.00 bits per heavy atom. The zero-order chi connectivity index (χ0) is 11.1.